The fourth-order valence-corrected chi connectivity index (χ4v) is 4.05. The maximum atomic E-state index is 12.9. The van der Waals surface area contributed by atoms with E-state index in [9.17, 15) is 9.90 Å². The standard InChI is InChI=1S/C17H22O3/c1-4-17-8-7-16(2,19)14(15(17)18)10-11-9-12(20-3)5-6-13(11)17/h5-6,9,14,19H,4,7-8,10H2,1-3H3. The molecule has 3 nitrogen and oxygen atoms in total. The minimum atomic E-state index is -0.878. The number of hydrogen-bond acceptors (Lipinski definition) is 3. The maximum Gasteiger partial charge on any atom is 0.149 e. The molecule has 0 aliphatic heterocycles. The lowest BCUT2D eigenvalue weighted by molar-refractivity contribution is -0.147. The molecule has 2 bridgehead atoms. The second kappa shape index (κ2) is 4.32. The minimum Gasteiger partial charge on any atom is -0.497 e. The van der Waals surface area contributed by atoms with E-state index in [0.717, 1.165) is 29.7 Å². The largest absolute Gasteiger partial charge is 0.497 e. The van der Waals surface area contributed by atoms with E-state index in [1.54, 1.807) is 14.0 Å². The van der Waals surface area contributed by atoms with Gasteiger partial charge in [0.25, 0.3) is 0 Å². The zero-order chi connectivity index (χ0) is 14.5. The molecule has 108 valence electrons. The lowest BCUT2D eigenvalue weighted by Crippen LogP contribution is -2.57. The fraction of sp³-hybridized carbons (Fsp3) is 0.588. The van der Waals surface area contributed by atoms with E-state index in [0.29, 0.717) is 12.8 Å². The molecule has 0 aromatic heterocycles. The Morgan fingerprint density at radius 2 is 2.15 bits per heavy atom. The van der Waals surface area contributed by atoms with Gasteiger partial charge in [-0.25, -0.2) is 0 Å². The van der Waals surface area contributed by atoms with E-state index >= 15 is 0 Å². The Kier molecular flexibility index (Phi) is 2.94. The Morgan fingerprint density at radius 1 is 1.40 bits per heavy atom. The Balaban J connectivity index is 2.18. The van der Waals surface area contributed by atoms with Gasteiger partial charge in [0.1, 0.15) is 11.5 Å². The van der Waals surface area contributed by atoms with Gasteiger partial charge in [-0.1, -0.05) is 13.0 Å². The molecule has 20 heavy (non-hydrogen) atoms. The van der Waals surface area contributed by atoms with Gasteiger partial charge in [-0.05, 0) is 55.9 Å². The molecule has 0 radical (unpaired) electrons. The first-order chi connectivity index (χ1) is 9.44. The summed E-state index contributed by atoms with van der Waals surface area (Å²) in [6.45, 7) is 3.88. The highest BCUT2D eigenvalue weighted by Gasteiger charge is 2.56. The highest BCUT2D eigenvalue weighted by Crippen LogP contribution is 2.51. The third kappa shape index (κ3) is 1.65. The minimum absolute atomic E-state index is 0.230. The number of Topliss-reactive ketones (excluding diaryl/α,β-unsaturated/α-hetero) is 1. The zero-order valence-corrected chi connectivity index (χ0v) is 12.4. The zero-order valence-electron chi connectivity index (χ0n) is 12.4. The molecular weight excluding hydrogens is 252 g/mol. The highest BCUT2D eigenvalue weighted by molar-refractivity contribution is 5.96. The number of carbonyl (C=O) groups is 1. The van der Waals surface area contributed by atoms with Crippen molar-refractivity contribution in [1.29, 1.82) is 0 Å². The summed E-state index contributed by atoms with van der Waals surface area (Å²) in [6.07, 6.45) is 2.87. The lowest BCUT2D eigenvalue weighted by atomic mass is 9.53. The molecule has 1 saturated carbocycles. The van der Waals surface area contributed by atoms with Gasteiger partial charge in [-0.15, -0.1) is 0 Å². The molecule has 3 unspecified atom stereocenters. The number of benzene rings is 1. The van der Waals surface area contributed by atoms with E-state index in [1.807, 2.05) is 18.2 Å². The normalized spacial score (nSPS) is 35.6. The summed E-state index contributed by atoms with van der Waals surface area (Å²) in [5, 5.41) is 10.6. The third-order valence-electron chi connectivity index (χ3n) is 5.45. The van der Waals surface area contributed by atoms with Crippen LogP contribution in [0.25, 0.3) is 0 Å². The Hall–Kier alpha value is -1.35. The molecule has 0 amide bonds. The van der Waals surface area contributed by atoms with Gasteiger partial charge >= 0.3 is 0 Å². The smallest absolute Gasteiger partial charge is 0.149 e. The van der Waals surface area contributed by atoms with Crippen LogP contribution >= 0.6 is 0 Å². The number of rotatable bonds is 2. The van der Waals surface area contributed by atoms with Crippen LogP contribution in [-0.2, 0) is 16.6 Å². The summed E-state index contributed by atoms with van der Waals surface area (Å²) in [4.78, 5) is 12.9. The van der Waals surface area contributed by atoms with Crippen molar-refractivity contribution < 1.29 is 14.6 Å². The van der Waals surface area contributed by atoms with Crippen molar-refractivity contribution in [2.24, 2.45) is 5.92 Å². The topological polar surface area (TPSA) is 46.5 Å². The molecule has 0 spiro atoms. The van der Waals surface area contributed by atoms with Crippen LogP contribution in [0.1, 0.15) is 44.2 Å². The quantitative estimate of drug-likeness (QED) is 0.901. The van der Waals surface area contributed by atoms with Gasteiger partial charge < -0.3 is 9.84 Å². The molecule has 0 saturated heterocycles. The van der Waals surface area contributed by atoms with Gasteiger partial charge in [0, 0.05) is 0 Å². The molecule has 3 atom stereocenters. The third-order valence-corrected chi connectivity index (χ3v) is 5.45. The lowest BCUT2D eigenvalue weighted by Gasteiger charge is -2.50. The van der Waals surface area contributed by atoms with Crippen LogP contribution < -0.4 is 4.74 Å². The Bertz CT molecular complexity index is 561. The predicted octanol–water partition coefficient (Wildman–Crippen LogP) is 2.63. The molecule has 2 aliphatic carbocycles. The van der Waals surface area contributed by atoms with Crippen LogP contribution in [0, 0.1) is 5.92 Å². The Morgan fingerprint density at radius 3 is 2.80 bits per heavy atom. The molecule has 3 heteroatoms. The number of aliphatic hydroxyl groups is 1. The second-order valence-electron chi connectivity index (χ2n) is 6.44. The van der Waals surface area contributed by atoms with Crippen LogP contribution in [0.3, 0.4) is 0 Å². The first kappa shape index (κ1) is 13.6. The molecule has 0 heterocycles. The van der Waals surface area contributed by atoms with Crippen molar-refractivity contribution in [2.75, 3.05) is 7.11 Å². The van der Waals surface area contributed by atoms with Gasteiger partial charge in [-0.3, -0.25) is 4.79 Å². The first-order valence-corrected chi connectivity index (χ1v) is 7.39. The van der Waals surface area contributed by atoms with Crippen LogP contribution in [-0.4, -0.2) is 23.6 Å². The van der Waals surface area contributed by atoms with Gasteiger partial charge in [0.05, 0.1) is 24.0 Å². The molecule has 1 fully saturated rings. The predicted molar refractivity (Wildman–Crippen MR) is 77.0 cm³/mol. The van der Waals surface area contributed by atoms with E-state index in [-0.39, 0.29) is 11.7 Å². The second-order valence-corrected chi connectivity index (χ2v) is 6.44. The van der Waals surface area contributed by atoms with E-state index in [2.05, 4.69) is 6.92 Å². The number of ketones is 1. The van der Waals surface area contributed by atoms with Crippen LogP contribution in [0.4, 0.5) is 0 Å². The van der Waals surface area contributed by atoms with E-state index in [4.69, 9.17) is 4.74 Å². The maximum absolute atomic E-state index is 12.9. The summed E-state index contributed by atoms with van der Waals surface area (Å²) in [5.74, 6) is 0.770. The molecule has 2 aliphatic rings. The van der Waals surface area contributed by atoms with Crippen molar-refractivity contribution in [3.05, 3.63) is 29.3 Å². The summed E-state index contributed by atoms with van der Waals surface area (Å²) < 4.78 is 5.30. The van der Waals surface area contributed by atoms with Crippen molar-refractivity contribution in [3.63, 3.8) is 0 Å². The molecule has 1 aromatic carbocycles. The fourth-order valence-electron chi connectivity index (χ4n) is 4.05. The summed E-state index contributed by atoms with van der Waals surface area (Å²) in [6, 6.07) is 6.02. The van der Waals surface area contributed by atoms with Crippen LogP contribution in [0.5, 0.6) is 5.75 Å². The molecule has 1 N–H and O–H groups in total. The van der Waals surface area contributed by atoms with E-state index in [1.165, 1.54) is 0 Å². The van der Waals surface area contributed by atoms with Crippen LogP contribution in [0.15, 0.2) is 18.2 Å². The number of ether oxygens (including phenoxy) is 1. The highest BCUT2D eigenvalue weighted by atomic mass is 16.5. The molecule has 3 rings (SSSR count). The average molecular weight is 274 g/mol. The summed E-state index contributed by atoms with van der Waals surface area (Å²) in [5.41, 5.74) is 1.04. The van der Waals surface area contributed by atoms with E-state index < -0.39 is 11.0 Å². The number of carbonyl (C=O) groups excluding carboxylic acids is 1. The number of methoxy groups -OCH3 is 1. The average Bonchev–Trinajstić information content (AvgIpc) is 2.44. The first-order valence-electron chi connectivity index (χ1n) is 7.39. The van der Waals surface area contributed by atoms with Crippen molar-refractivity contribution in [2.45, 2.75) is 50.5 Å². The summed E-state index contributed by atoms with van der Waals surface area (Å²) in [7, 11) is 1.66. The van der Waals surface area contributed by atoms with Crippen molar-refractivity contribution in [3.8, 4) is 5.75 Å². The Labute approximate surface area is 120 Å². The SMILES string of the molecule is CCC12CCC(C)(O)C(Cc3cc(OC)ccc31)C2=O. The summed E-state index contributed by atoms with van der Waals surface area (Å²) >= 11 is 0. The van der Waals surface area contributed by atoms with Crippen molar-refractivity contribution in [1.82, 2.24) is 0 Å². The molecule has 1 aromatic rings. The van der Waals surface area contributed by atoms with Crippen LogP contribution in [0.2, 0.25) is 0 Å². The monoisotopic (exact) mass is 274 g/mol. The van der Waals surface area contributed by atoms with Crippen molar-refractivity contribution >= 4 is 5.78 Å². The number of fused-ring (bicyclic) bond motifs is 4. The van der Waals surface area contributed by atoms with Gasteiger partial charge in [0.2, 0.25) is 0 Å². The molecular formula is C17H22O3. The van der Waals surface area contributed by atoms with Gasteiger partial charge in [0.15, 0.2) is 0 Å². The number of hydrogen-bond donors (Lipinski definition) is 1. The van der Waals surface area contributed by atoms with Gasteiger partial charge in [-0.2, -0.15) is 0 Å².